The average molecular weight is 295 g/mol. The Morgan fingerprint density at radius 3 is 2.95 bits per heavy atom. The van der Waals surface area contributed by atoms with E-state index in [4.69, 9.17) is 21.4 Å². The first-order valence-electron chi connectivity index (χ1n) is 6.11. The van der Waals surface area contributed by atoms with Crippen LogP contribution in [0.1, 0.15) is 10.5 Å². The first-order valence-corrected chi connectivity index (χ1v) is 6.49. The molecule has 0 saturated carbocycles. The van der Waals surface area contributed by atoms with Gasteiger partial charge in [-0.3, -0.25) is 4.79 Å². The molecule has 1 aromatic heterocycles. The van der Waals surface area contributed by atoms with Crippen molar-refractivity contribution in [2.75, 3.05) is 20.3 Å². The fraction of sp³-hybridized carbons (Fsp3) is 0.286. The highest BCUT2D eigenvalue weighted by molar-refractivity contribution is 6.34. The van der Waals surface area contributed by atoms with E-state index in [0.717, 1.165) is 10.8 Å². The predicted octanol–water partition coefficient (Wildman–Crippen LogP) is 1.63. The SMILES string of the molecule is COCC(CO)NC(=O)c1cc2ccccc2c(Cl)n1. The summed E-state index contributed by atoms with van der Waals surface area (Å²) in [6, 6.07) is 8.61. The fourth-order valence-corrected chi connectivity index (χ4v) is 2.14. The van der Waals surface area contributed by atoms with Gasteiger partial charge in [-0.2, -0.15) is 0 Å². The largest absolute Gasteiger partial charge is 0.394 e. The van der Waals surface area contributed by atoms with E-state index in [1.165, 1.54) is 7.11 Å². The van der Waals surface area contributed by atoms with Gasteiger partial charge in [-0.25, -0.2) is 4.98 Å². The molecule has 0 saturated heterocycles. The number of aliphatic hydroxyl groups is 1. The van der Waals surface area contributed by atoms with E-state index in [9.17, 15) is 4.79 Å². The number of nitrogens with one attached hydrogen (secondary N) is 1. The van der Waals surface area contributed by atoms with Crippen LogP contribution in [0.4, 0.5) is 0 Å². The third-order valence-electron chi connectivity index (χ3n) is 2.85. The zero-order chi connectivity index (χ0) is 14.5. The number of aliphatic hydroxyl groups excluding tert-OH is 1. The van der Waals surface area contributed by atoms with Gasteiger partial charge in [-0.05, 0) is 11.5 Å². The number of halogens is 1. The lowest BCUT2D eigenvalue weighted by Crippen LogP contribution is -2.40. The highest BCUT2D eigenvalue weighted by atomic mass is 35.5. The minimum Gasteiger partial charge on any atom is -0.394 e. The number of carbonyl (C=O) groups is 1. The normalized spacial score (nSPS) is 12.3. The van der Waals surface area contributed by atoms with Crippen LogP contribution in [0.2, 0.25) is 5.15 Å². The standard InChI is InChI=1S/C14H15ClN2O3/c1-20-8-10(7-18)16-14(19)12-6-9-4-2-3-5-11(9)13(15)17-12/h2-6,10,18H,7-8H2,1H3,(H,16,19). The summed E-state index contributed by atoms with van der Waals surface area (Å²) in [6.45, 7) is 0.0183. The highest BCUT2D eigenvalue weighted by Gasteiger charge is 2.15. The zero-order valence-electron chi connectivity index (χ0n) is 11.0. The van der Waals surface area contributed by atoms with Gasteiger partial charge in [-0.1, -0.05) is 35.9 Å². The van der Waals surface area contributed by atoms with Crippen molar-refractivity contribution in [2.45, 2.75) is 6.04 Å². The van der Waals surface area contributed by atoms with Crippen molar-refractivity contribution in [2.24, 2.45) is 0 Å². The van der Waals surface area contributed by atoms with Crippen LogP contribution >= 0.6 is 11.6 Å². The molecule has 20 heavy (non-hydrogen) atoms. The molecule has 2 N–H and O–H groups in total. The van der Waals surface area contributed by atoms with Gasteiger partial charge in [0.05, 0.1) is 19.3 Å². The monoisotopic (exact) mass is 294 g/mol. The van der Waals surface area contributed by atoms with Gasteiger partial charge in [0.25, 0.3) is 5.91 Å². The quantitative estimate of drug-likeness (QED) is 0.822. The Hall–Kier alpha value is -1.69. The number of benzene rings is 1. The number of ether oxygens (including phenoxy) is 1. The van der Waals surface area contributed by atoms with Crippen LogP contribution in [-0.4, -0.2) is 42.4 Å². The van der Waals surface area contributed by atoms with Gasteiger partial charge < -0.3 is 15.2 Å². The molecular weight excluding hydrogens is 280 g/mol. The zero-order valence-corrected chi connectivity index (χ0v) is 11.7. The maximum atomic E-state index is 12.1. The molecule has 0 fully saturated rings. The Bertz CT molecular complexity index is 618. The number of aromatic nitrogens is 1. The number of hydrogen-bond acceptors (Lipinski definition) is 4. The van der Waals surface area contributed by atoms with Crippen molar-refractivity contribution in [1.82, 2.24) is 10.3 Å². The third kappa shape index (κ3) is 3.25. The lowest BCUT2D eigenvalue weighted by molar-refractivity contribution is 0.0835. The van der Waals surface area contributed by atoms with Crippen molar-refractivity contribution >= 4 is 28.3 Å². The van der Waals surface area contributed by atoms with Crippen molar-refractivity contribution in [3.8, 4) is 0 Å². The molecule has 1 unspecified atom stereocenters. The number of amides is 1. The lowest BCUT2D eigenvalue weighted by Gasteiger charge is -2.15. The Labute approximate surface area is 121 Å². The van der Waals surface area contributed by atoms with Gasteiger partial charge in [0.15, 0.2) is 0 Å². The van der Waals surface area contributed by atoms with Gasteiger partial charge in [0.1, 0.15) is 10.8 Å². The molecule has 2 rings (SSSR count). The summed E-state index contributed by atoms with van der Waals surface area (Å²) < 4.78 is 4.90. The van der Waals surface area contributed by atoms with E-state index in [0.29, 0.717) is 0 Å². The first kappa shape index (κ1) is 14.7. The second kappa shape index (κ2) is 6.65. The van der Waals surface area contributed by atoms with E-state index in [1.807, 2.05) is 24.3 Å². The van der Waals surface area contributed by atoms with Crippen molar-refractivity contribution in [3.05, 3.63) is 41.2 Å². The van der Waals surface area contributed by atoms with Crippen LogP contribution < -0.4 is 5.32 Å². The second-order valence-corrected chi connectivity index (χ2v) is 4.69. The maximum absolute atomic E-state index is 12.1. The van der Waals surface area contributed by atoms with Crippen LogP contribution in [0.25, 0.3) is 10.8 Å². The summed E-state index contributed by atoms with van der Waals surface area (Å²) in [7, 11) is 1.50. The molecule has 2 aromatic rings. The van der Waals surface area contributed by atoms with Crippen LogP contribution in [0.15, 0.2) is 30.3 Å². The predicted molar refractivity (Wildman–Crippen MR) is 77.0 cm³/mol. The molecule has 1 aromatic carbocycles. The maximum Gasteiger partial charge on any atom is 0.270 e. The molecule has 5 nitrogen and oxygen atoms in total. The summed E-state index contributed by atoms with van der Waals surface area (Å²) in [5.74, 6) is -0.395. The molecule has 0 aliphatic heterocycles. The third-order valence-corrected chi connectivity index (χ3v) is 3.14. The molecule has 0 aliphatic carbocycles. The summed E-state index contributed by atoms with van der Waals surface area (Å²) in [5, 5.41) is 13.7. The Balaban J connectivity index is 2.26. The minimum absolute atomic E-state index is 0.207. The van der Waals surface area contributed by atoms with E-state index in [-0.39, 0.29) is 24.1 Å². The van der Waals surface area contributed by atoms with E-state index in [2.05, 4.69) is 10.3 Å². The van der Waals surface area contributed by atoms with Gasteiger partial charge in [0.2, 0.25) is 0 Å². The molecule has 0 aliphatic rings. The van der Waals surface area contributed by atoms with Crippen molar-refractivity contribution in [3.63, 3.8) is 0 Å². The molecule has 0 spiro atoms. The first-order chi connectivity index (χ1) is 9.65. The minimum atomic E-state index is -0.473. The number of fused-ring (bicyclic) bond motifs is 1. The number of pyridine rings is 1. The smallest absolute Gasteiger partial charge is 0.270 e. The Morgan fingerprint density at radius 1 is 1.50 bits per heavy atom. The topological polar surface area (TPSA) is 71.5 Å². The number of rotatable bonds is 5. The van der Waals surface area contributed by atoms with Crippen LogP contribution in [0.3, 0.4) is 0 Å². The van der Waals surface area contributed by atoms with E-state index in [1.54, 1.807) is 6.07 Å². The molecule has 6 heteroatoms. The van der Waals surface area contributed by atoms with E-state index >= 15 is 0 Å². The number of methoxy groups -OCH3 is 1. The highest BCUT2D eigenvalue weighted by Crippen LogP contribution is 2.22. The number of carbonyl (C=O) groups excluding carboxylic acids is 1. The van der Waals surface area contributed by atoms with Gasteiger partial charge >= 0.3 is 0 Å². The van der Waals surface area contributed by atoms with Crippen LogP contribution in [0, 0.1) is 0 Å². The van der Waals surface area contributed by atoms with Crippen LogP contribution in [-0.2, 0) is 4.74 Å². The summed E-state index contributed by atoms with van der Waals surface area (Å²) in [5.41, 5.74) is 0.211. The van der Waals surface area contributed by atoms with Crippen LogP contribution in [0.5, 0.6) is 0 Å². The molecule has 1 heterocycles. The number of hydrogen-bond donors (Lipinski definition) is 2. The second-order valence-electron chi connectivity index (χ2n) is 4.33. The average Bonchev–Trinajstić information content (AvgIpc) is 2.46. The van der Waals surface area contributed by atoms with E-state index < -0.39 is 11.9 Å². The molecule has 106 valence electrons. The molecule has 1 atom stereocenters. The van der Waals surface area contributed by atoms with Gasteiger partial charge in [0, 0.05) is 12.5 Å². The molecule has 0 radical (unpaired) electrons. The molecule has 0 bridgehead atoms. The Kier molecular flexibility index (Phi) is 4.89. The number of nitrogens with zero attached hydrogens (tertiary/aromatic N) is 1. The lowest BCUT2D eigenvalue weighted by atomic mass is 10.1. The molecule has 1 amide bonds. The fourth-order valence-electron chi connectivity index (χ4n) is 1.87. The van der Waals surface area contributed by atoms with Crippen molar-refractivity contribution in [1.29, 1.82) is 0 Å². The summed E-state index contributed by atoms with van der Waals surface area (Å²) in [6.07, 6.45) is 0. The Morgan fingerprint density at radius 2 is 2.25 bits per heavy atom. The molecular formula is C14H15ClN2O3. The van der Waals surface area contributed by atoms with Crippen molar-refractivity contribution < 1.29 is 14.6 Å². The van der Waals surface area contributed by atoms with Gasteiger partial charge in [-0.15, -0.1) is 0 Å². The summed E-state index contributed by atoms with van der Waals surface area (Å²) >= 11 is 6.07. The summed E-state index contributed by atoms with van der Waals surface area (Å²) in [4.78, 5) is 16.2.